The van der Waals surface area contributed by atoms with Crippen LogP contribution in [0.5, 0.6) is 0 Å². The standard InChI is InChI=1S/C13H21N2O4P/c1-3-18-20(17,19-4-2)11-14-10-13(16)15-12-8-6-5-7-9-12/h5-9,14H,3-4,10-11H2,1-2H3,(H,15,16). The van der Waals surface area contributed by atoms with Gasteiger partial charge in [-0.3, -0.25) is 14.7 Å². The first-order valence-corrected chi connectivity index (χ1v) is 8.26. The first-order chi connectivity index (χ1) is 9.59. The van der Waals surface area contributed by atoms with Crippen LogP contribution in [-0.4, -0.2) is 32.0 Å². The topological polar surface area (TPSA) is 76.7 Å². The molecule has 0 aliphatic carbocycles. The van der Waals surface area contributed by atoms with Gasteiger partial charge in [0.15, 0.2) is 0 Å². The molecule has 1 rings (SSSR count). The Morgan fingerprint density at radius 2 is 1.75 bits per heavy atom. The van der Waals surface area contributed by atoms with E-state index in [1.165, 1.54) is 0 Å². The van der Waals surface area contributed by atoms with Crippen LogP contribution in [0.15, 0.2) is 30.3 Å². The van der Waals surface area contributed by atoms with Crippen LogP contribution in [0.1, 0.15) is 13.8 Å². The van der Waals surface area contributed by atoms with Gasteiger partial charge < -0.3 is 14.4 Å². The van der Waals surface area contributed by atoms with Gasteiger partial charge in [-0.15, -0.1) is 0 Å². The zero-order valence-corrected chi connectivity index (χ0v) is 12.7. The van der Waals surface area contributed by atoms with E-state index in [1.54, 1.807) is 26.0 Å². The fraction of sp³-hybridized carbons (Fsp3) is 0.462. The minimum atomic E-state index is -3.15. The number of carbonyl (C=O) groups is 1. The Morgan fingerprint density at radius 3 is 2.30 bits per heavy atom. The van der Waals surface area contributed by atoms with Crippen molar-refractivity contribution in [2.24, 2.45) is 0 Å². The van der Waals surface area contributed by atoms with Crippen molar-refractivity contribution in [2.75, 3.05) is 31.4 Å². The molecule has 0 aromatic heterocycles. The monoisotopic (exact) mass is 300 g/mol. The SMILES string of the molecule is CCOP(=O)(CNCC(=O)Nc1ccccc1)OCC. The number of hydrogen-bond acceptors (Lipinski definition) is 5. The van der Waals surface area contributed by atoms with Gasteiger partial charge in [-0.25, -0.2) is 0 Å². The molecule has 20 heavy (non-hydrogen) atoms. The number of hydrogen-bond donors (Lipinski definition) is 2. The second kappa shape index (κ2) is 8.87. The Morgan fingerprint density at radius 1 is 1.15 bits per heavy atom. The molecule has 7 heteroatoms. The quantitative estimate of drug-likeness (QED) is 0.685. The molecule has 0 atom stereocenters. The second-order valence-corrected chi connectivity index (χ2v) is 6.00. The first-order valence-electron chi connectivity index (χ1n) is 6.53. The van der Waals surface area contributed by atoms with Gasteiger partial charge in [-0.2, -0.15) is 0 Å². The highest BCUT2D eigenvalue weighted by Crippen LogP contribution is 2.46. The maximum atomic E-state index is 12.1. The minimum absolute atomic E-state index is 0.0108. The van der Waals surface area contributed by atoms with Gasteiger partial charge >= 0.3 is 7.60 Å². The molecule has 1 aromatic carbocycles. The molecule has 2 N–H and O–H groups in total. The zero-order chi connectivity index (χ0) is 14.8. The highest BCUT2D eigenvalue weighted by atomic mass is 31.2. The summed E-state index contributed by atoms with van der Waals surface area (Å²) in [5.74, 6) is -0.212. The predicted octanol–water partition coefficient (Wildman–Crippen LogP) is 2.44. The van der Waals surface area contributed by atoms with Gasteiger partial charge in [-0.1, -0.05) is 18.2 Å². The summed E-state index contributed by atoms with van der Waals surface area (Å²) in [6, 6.07) is 9.13. The molecule has 0 fully saturated rings. The fourth-order valence-corrected chi connectivity index (χ4v) is 2.98. The lowest BCUT2D eigenvalue weighted by Crippen LogP contribution is -2.29. The third-order valence-electron chi connectivity index (χ3n) is 2.30. The van der Waals surface area contributed by atoms with Crippen LogP contribution in [0, 0.1) is 0 Å². The van der Waals surface area contributed by atoms with E-state index in [0.717, 1.165) is 5.69 Å². The van der Waals surface area contributed by atoms with Crippen molar-refractivity contribution in [3.63, 3.8) is 0 Å². The van der Waals surface area contributed by atoms with Crippen LogP contribution < -0.4 is 10.6 Å². The molecule has 6 nitrogen and oxygen atoms in total. The third kappa shape index (κ3) is 6.30. The summed E-state index contributed by atoms with van der Waals surface area (Å²) in [6.45, 7) is 4.13. The summed E-state index contributed by atoms with van der Waals surface area (Å²) in [4.78, 5) is 11.7. The first kappa shape index (κ1) is 16.9. The average Bonchev–Trinajstić information content (AvgIpc) is 2.40. The van der Waals surface area contributed by atoms with Crippen molar-refractivity contribution in [3.05, 3.63) is 30.3 Å². The lowest BCUT2D eigenvalue weighted by Gasteiger charge is -2.17. The zero-order valence-electron chi connectivity index (χ0n) is 11.8. The molecule has 0 saturated carbocycles. The molecule has 0 aliphatic rings. The molecule has 1 amide bonds. The van der Waals surface area contributed by atoms with Crippen molar-refractivity contribution in [1.29, 1.82) is 0 Å². The highest BCUT2D eigenvalue weighted by Gasteiger charge is 2.23. The Kier molecular flexibility index (Phi) is 7.47. The van der Waals surface area contributed by atoms with Gasteiger partial charge in [0, 0.05) is 5.69 Å². The molecule has 112 valence electrons. The van der Waals surface area contributed by atoms with Gasteiger partial charge in [0.1, 0.15) is 0 Å². The minimum Gasteiger partial charge on any atom is -0.325 e. The number of anilines is 1. The number of para-hydroxylation sites is 1. The van der Waals surface area contributed by atoms with Crippen molar-refractivity contribution in [2.45, 2.75) is 13.8 Å². The number of benzene rings is 1. The maximum absolute atomic E-state index is 12.1. The van der Waals surface area contributed by atoms with E-state index < -0.39 is 7.60 Å². The molecular formula is C13H21N2O4P. The van der Waals surface area contributed by atoms with Gasteiger partial charge in [0.25, 0.3) is 0 Å². The normalized spacial score (nSPS) is 11.3. The Bertz CT molecular complexity index is 443. The Hall–Kier alpha value is -1.20. The van der Waals surface area contributed by atoms with Crippen molar-refractivity contribution < 1.29 is 18.4 Å². The number of rotatable bonds is 9. The largest absolute Gasteiger partial charge is 0.344 e. The van der Waals surface area contributed by atoms with Crippen molar-refractivity contribution in [1.82, 2.24) is 5.32 Å². The maximum Gasteiger partial charge on any atom is 0.344 e. The highest BCUT2D eigenvalue weighted by molar-refractivity contribution is 7.53. The predicted molar refractivity (Wildman–Crippen MR) is 78.8 cm³/mol. The Balaban J connectivity index is 2.35. The van der Waals surface area contributed by atoms with Gasteiger partial charge in [0.05, 0.1) is 26.0 Å². The summed E-state index contributed by atoms with van der Waals surface area (Å²) in [5, 5.41) is 5.51. The average molecular weight is 300 g/mol. The molecule has 0 bridgehead atoms. The van der Waals surface area contributed by atoms with Crippen LogP contribution in [0.2, 0.25) is 0 Å². The molecule has 0 radical (unpaired) electrons. The van der Waals surface area contributed by atoms with E-state index in [2.05, 4.69) is 10.6 Å². The molecule has 0 heterocycles. The van der Waals surface area contributed by atoms with Gasteiger partial charge in [-0.05, 0) is 26.0 Å². The van der Waals surface area contributed by atoms with Crippen LogP contribution in [-0.2, 0) is 18.4 Å². The van der Waals surface area contributed by atoms with Gasteiger partial charge in [0.2, 0.25) is 5.91 Å². The molecular weight excluding hydrogens is 279 g/mol. The fourth-order valence-electron chi connectivity index (χ4n) is 1.55. The van der Waals surface area contributed by atoms with Crippen LogP contribution in [0.25, 0.3) is 0 Å². The van der Waals surface area contributed by atoms with Crippen molar-refractivity contribution >= 4 is 19.2 Å². The van der Waals surface area contributed by atoms with Crippen LogP contribution in [0.4, 0.5) is 5.69 Å². The number of nitrogens with one attached hydrogen (secondary N) is 2. The molecule has 0 unspecified atom stereocenters. The molecule has 0 spiro atoms. The Labute approximate surface area is 119 Å². The summed E-state index contributed by atoms with van der Waals surface area (Å²) >= 11 is 0. The third-order valence-corrected chi connectivity index (χ3v) is 4.21. The van der Waals surface area contributed by atoms with Crippen molar-refractivity contribution in [3.8, 4) is 0 Å². The summed E-state index contributed by atoms with van der Waals surface area (Å²) in [6.07, 6.45) is 0.0108. The van der Waals surface area contributed by atoms with E-state index in [4.69, 9.17) is 9.05 Å². The smallest absolute Gasteiger partial charge is 0.325 e. The van der Waals surface area contributed by atoms with Crippen LogP contribution in [0.3, 0.4) is 0 Å². The van der Waals surface area contributed by atoms with E-state index >= 15 is 0 Å². The molecule has 0 aliphatic heterocycles. The summed E-state index contributed by atoms with van der Waals surface area (Å²) < 4.78 is 22.3. The van der Waals surface area contributed by atoms with E-state index in [9.17, 15) is 9.36 Å². The summed E-state index contributed by atoms with van der Waals surface area (Å²) in [7, 11) is -3.15. The van der Waals surface area contributed by atoms with E-state index in [0.29, 0.717) is 13.2 Å². The molecule has 1 aromatic rings. The molecule has 0 saturated heterocycles. The summed E-state index contributed by atoms with van der Waals surface area (Å²) in [5.41, 5.74) is 0.720. The second-order valence-electron chi connectivity index (χ2n) is 3.95. The lowest BCUT2D eigenvalue weighted by atomic mass is 10.3. The van der Waals surface area contributed by atoms with E-state index in [-0.39, 0.29) is 18.7 Å². The number of carbonyl (C=O) groups excluding carboxylic acids is 1. The lowest BCUT2D eigenvalue weighted by molar-refractivity contribution is -0.115. The van der Waals surface area contributed by atoms with E-state index in [1.807, 2.05) is 18.2 Å². The number of amides is 1. The van der Waals surface area contributed by atoms with Crippen LogP contribution >= 0.6 is 7.60 Å².